The Kier molecular flexibility index (Phi) is 2.38. The van der Waals surface area contributed by atoms with Crippen LogP contribution >= 0.6 is 11.8 Å². The second-order valence-corrected chi connectivity index (χ2v) is 3.66. The van der Waals surface area contributed by atoms with Gasteiger partial charge in [-0.05, 0) is 6.42 Å². The molecule has 1 aliphatic heterocycles. The van der Waals surface area contributed by atoms with Gasteiger partial charge in [-0.15, -0.1) is 11.8 Å². The van der Waals surface area contributed by atoms with Gasteiger partial charge >= 0.3 is 0 Å². The van der Waals surface area contributed by atoms with E-state index >= 15 is 0 Å². The Balaban J connectivity index is 2.37. The molecule has 2 nitrogen and oxygen atoms in total. The number of thioether (sulfide) groups is 1. The third-order valence-electron chi connectivity index (χ3n) is 1.48. The maximum Gasteiger partial charge on any atom is 0.133 e. The van der Waals surface area contributed by atoms with Gasteiger partial charge in [0.15, 0.2) is 0 Å². The van der Waals surface area contributed by atoms with E-state index in [0.29, 0.717) is 6.61 Å². The summed E-state index contributed by atoms with van der Waals surface area (Å²) in [5.41, 5.74) is 0. The highest BCUT2D eigenvalue weighted by atomic mass is 32.2. The number of hydrogen-bond donors (Lipinski definition) is 1. The Bertz CT molecular complexity index is 89.1. The maximum atomic E-state index is 9.52. The molecule has 0 saturated carbocycles. The molecular formula is C6H12O2S. The minimum Gasteiger partial charge on any atom is -0.377 e. The van der Waals surface area contributed by atoms with E-state index in [-0.39, 0.29) is 0 Å². The van der Waals surface area contributed by atoms with Crippen molar-refractivity contribution in [1.29, 1.82) is 0 Å². The zero-order valence-corrected chi connectivity index (χ0v) is 6.41. The summed E-state index contributed by atoms with van der Waals surface area (Å²) >= 11 is 1.60. The lowest BCUT2D eigenvalue weighted by atomic mass is 10.3. The van der Waals surface area contributed by atoms with Crippen molar-refractivity contribution in [3.63, 3.8) is 0 Å². The molecule has 1 atom stereocenters. The molecule has 3 heteroatoms. The third-order valence-corrected chi connectivity index (χ3v) is 2.79. The van der Waals surface area contributed by atoms with Crippen LogP contribution in [0.15, 0.2) is 0 Å². The molecular weight excluding hydrogens is 136 g/mol. The molecule has 1 N–H and O–H groups in total. The molecule has 1 aliphatic rings. The number of hydrogen-bond acceptors (Lipinski definition) is 3. The lowest BCUT2D eigenvalue weighted by Crippen LogP contribution is -2.34. The second kappa shape index (κ2) is 2.90. The Hall–Kier alpha value is 0.270. The molecule has 0 aromatic rings. The first-order valence-corrected chi connectivity index (χ1v) is 4.19. The van der Waals surface area contributed by atoms with E-state index in [1.807, 2.05) is 6.92 Å². The molecule has 1 heterocycles. The fourth-order valence-electron chi connectivity index (χ4n) is 0.768. The van der Waals surface area contributed by atoms with Gasteiger partial charge < -0.3 is 9.84 Å². The van der Waals surface area contributed by atoms with Gasteiger partial charge in [0.25, 0.3) is 0 Å². The van der Waals surface area contributed by atoms with Gasteiger partial charge in [0, 0.05) is 5.75 Å². The van der Waals surface area contributed by atoms with Crippen LogP contribution in [0.4, 0.5) is 0 Å². The number of ether oxygens (including phenoxy) is 1. The summed E-state index contributed by atoms with van der Waals surface area (Å²) < 4.78 is 5.11. The maximum absolute atomic E-state index is 9.52. The van der Waals surface area contributed by atoms with E-state index < -0.39 is 4.93 Å². The lowest BCUT2D eigenvalue weighted by molar-refractivity contribution is 0.00909. The van der Waals surface area contributed by atoms with Crippen molar-refractivity contribution in [3.05, 3.63) is 0 Å². The molecule has 0 amide bonds. The van der Waals surface area contributed by atoms with E-state index in [0.717, 1.165) is 18.8 Å². The fraction of sp³-hybridized carbons (Fsp3) is 1.00. The van der Waals surface area contributed by atoms with E-state index in [9.17, 15) is 5.11 Å². The summed E-state index contributed by atoms with van der Waals surface area (Å²) in [4.78, 5) is -0.585. The minimum atomic E-state index is -0.585. The van der Waals surface area contributed by atoms with Gasteiger partial charge in [-0.3, -0.25) is 0 Å². The Morgan fingerprint density at radius 2 is 2.56 bits per heavy atom. The van der Waals surface area contributed by atoms with Crippen molar-refractivity contribution in [2.75, 3.05) is 19.0 Å². The molecule has 0 spiro atoms. The third kappa shape index (κ3) is 1.85. The Morgan fingerprint density at radius 1 is 1.78 bits per heavy atom. The molecule has 54 valence electrons. The predicted molar refractivity (Wildman–Crippen MR) is 38.5 cm³/mol. The van der Waals surface area contributed by atoms with Crippen LogP contribution < -0.4 is 0 Å². The van der Waals surface area contributed by atoms with Crippen molar-refractivity contribution < 1.29 is 9.84 Å². The summed E-state index contributed by atoms with van der Waals surface area (Å²) in [5, 5.41) is 9.52. The van der Waals surface area contributed by atoms with E-state index in [4.69, 9.17) is 4.74 Å². The molecule has 9 heavy (non-hydrogen) atoms. The van der Waals surface area contributed by atoms with Crippen molar-refractivity contribution in [3.8, 4) is 0 Å². The first kappa shape index (κ1) is 7.38. The average Bonchev–Trinajstić information content (AvgIpc) is 1.90. The van der Waals surface area contributed by atoms with Crippen LogP contribution in [0.5, 0.6) is 0 Å². The smallest absolute Gasteiger partial charge is 0.133 e. The van der Waals surface area contributed by atoms with Gasteiger partial charge in [-0.2, -0.15) is 0 Å². The highest BCUT2D eigenvalue weighted by molar-refractivity contribution is 8.00. The first-order valence-electron chi connectivity index (χ1n) is 3.21. The SMILES string of the molecule is CCC1(O)COCCS1. The summed E-state index contributed by atoms with van der Waals surface area (Å²) in [5.74, 6) is 0.921. The van der Waals surface area contributed by atoms with Crippen LogP contribution in [0.25, 0.3) is 0 Å². The van der Waals surface area contributed by atoms with Crippen molar-refractivity contribution in [1.82, 2.24) is 0 Å². The highest BCUT2D eigenvalue weighted by Crippen LogP contribution is 2.29. The van der Waals surface area contributed by atoms with E-state index in [1.165, 1.54) is 0 Å². The number of rotatable bonds is 1. The van der Waals surface area contributed by atoms with Gasteiger partial charge in [0.2, 0.25) is 0 Å². The highest BCUT2D eigenvalue weighted by Gasteiger charge is 2.28. The van der Waals surface area contributed by atoms with Crippen molar-refractivity contribution >= 4 is 11.8 Å². The van der Waals surface area contributed by atoms with Crippen molar-refractivity contribution in [2.24, 2.45) is 0 Å². The predicted octanol–water partition coefficient (Wildman–Crippen LogP) is 0.848. The largest absolute Gasteiger partial charge is 0.377 e. The van der Waals surface area contributed by atoms with Gasteiger partial charge in [0.05, 0.1) is 13.2 Å². The van der Waals surface area contributed by atoms with Gasteiger partial charge in [-0.25, -0.2) is 0 Å². The van der Waals surface area contributed by atoms with Gasteiger partial charge in [0.1, 0.15) is 4.93 Å². The summed E-state index contributed by atoms with van der Waals surface area (Å²) in [7, 11) is 0. The normalized spacial score (nSPS) is 36.7. The number of aliphatic hydroxyl groups is 1. The monoisotopic (exact) mass is 148 g/mol. The molecule has 0 radical (unpaired) electrons. The topological polar surface area (TPSA) is 29.5 Å². The lowest BCUT2D eigenvalue weighted by Gasteiger charge is -2.29. The summed E-state index contributed by atoms with van der Waals surface area (Å²) in [6.45, 7) is 3.25. The van der Waals surface area contributed by atoms with Crippen LogP contribution in [-0.4, -0.2) is 29.0 Å². The molecule has 0 aromatic carbocycles. The molecule has 0 aromatic heterocycles. The van der Waals surface area contributed by atoms with Crippen LogP contribution in [0.3, 0.4) is 0 Å². The quantitative estimate of drug-likeness (QED) is 0.597. The van der Waals surface area contributed by atoms with Crippen molar-refractivity contribution in [2.45, 2.75) is 18.3 Å². The Morgan fingerprint density at radius 3 is 2.89 bits per heavy atom. The molecule has 1 fully saturated rings. The van der Waals surface area contributed by atoms with E-state index in [1.54, 1.807) is 11.8 Å². The van der Waals surface area contributed by atoms with Crippen LogP contribution in [0, 0.1) is 0 Å². The zero-order valence-electron chi connectivity index (χ0n) is 5.59. The fourth-order valence-corrected chi connectivity index (χ4v) is 1.72. The molecule has 0 aliphatic carbocycles. The first-order chi connectivity index (χ1) is 4.27. The van der Waals surface area contributed by atoms with Crippen LogP contribution in [0.2, 0.25) is 0 Å². The second-order valence-electron chi connectivity index (χ2n) is 2.20. The standard InChI is InChI=1S/C6H12O2S/c1-2-6(7)5-8-3-4-9-6/h7H,2-5H2,1H3. The molecule has 1 saturated heterocycles. The zero-order chi connectivity index (χ0) is 6.74. The Labute approximate surface area is 59.6 Å². The molecule has 1 rings (SSSR count). The van der Waals surface area contributed by atoms with Crippen LogP contribution in [0.1, 0.15) is 13.3 Å². The summed E-state index contributed by atoms with van der Waals surface area (Å²) in [6, 6.07) is 0. The molecule has 1 unspecified atom stereocenters. The van der Waals surface area contributed by atoms with Gasteiger partial charge in [-0.1, -0.05) is 6.92 Å². The average molecular weight is 148 g/mol. The molecule has 0 bridgehead atoms. The summed E-state index contributed by atoms with van der Waals surface area (Å²) in [6.07, 6.45) is 0.775. The van der Waals surface area contributed by atoms with E-state index in [2.05, 4.69) is 0 Å². The minimum absolute atomic E-state index is 0.494. The van der Waals surface area contributed by atoms with Crippen LogP contribution in [-0.2, 0) is 4.74 Å².